The van der Waals surface area contributed by atoms with Crippen molar-refractivity contribution >= 4 is 11.5 Å². The van der Waals surface area contributed by atoms with Crippen molar-refractivity contribution in [2.75, 3.05) is 6.54 Å². The molecule has 18 heavy (non-hydrogen) atoms. The minimum absolute atomic E-state index is 0.0401. The Labute approximate surface area is 105 Å². The fraction of sp³-hybridized carbons (Fsp3) is 0.462. The van der Waals surface area contributed by atoms with Crippen LogP contribution in [-0.2, 0) is 0 Å². The van der Waals surface area contributed by atoms with Gasteiger partial charge in [0.05, 0.1) is 11.5 Å². The largest absolute Gasteiger partial charge is 0.307 e. The highest BCUT2D eigenvalue weighted by Crippen LogP contribution is 2.18. The lowest BCUT2D eigenvalue weighted by atomic mass is 10.1. The molecule has 0 bridgehead atoms. The van der Waals surface area contributed by atoms with Crippen molar-refractivity contribution in [2.24, 2.45) is 0 Å². The number of hydrogen-bond acceptors (Lipinski definition) is 4. The SMILES string of the molecule is O=C(CNC1CCCC1)c1cccc([N+](=O)[O-])c1. The van der Waals surface area contributed by atoms with E-state index in [2.05, 4.69) is 5.32 Å². The first-order valence-corrected chi connectivity index (χ1v) is 6.18. The Morgan fingerprint density at radius 1 is 1.39 bits per heavy atom. The quantitative estimate of drug-likeness (QED) is 0.493. The van der Waals surface area contributed by atoms with Crippen LogP contribution in [0.25, 0.3) is 0 Å². The molecule has 0 aromatic heterocycles. The van der Waals surface area contributed by atoms with Crippen LogP contribution in [0.3, 0.4) is 0 Å². The van der Waals surface area contributed by atoms with Gasteiger partial charge < -0.3 is 5.32 Å². The van der Waals surface area contributed by atoms with Gasteiger partial charge in [-0.25, -0.2) is 0 Å². The number of ketones is 1. The van der Waals surface area contributed by atoms with E-state index in [4.69, 9.17) is 0 Å². The molecular weight excluding hydrogens is 232 g/mol. The number of hydrogen-bond donors (Lipinski definition) is 1. The van der Waals surface area contributed by atoms with Gasteiger partial charge >= 0.3 is 0 Å². The summed E-state index contributed by atoms with van der Waals surface area (Å²) in [4.78, 5) is 22.0. The van der Waals surface area contributed by atoms with Crippen LogP contribution in [0, 0.1) is 10.1 Å². The Hall–Kier alpha value is -1.75. The summed E-state index contributed by atoms with van der Waals surface area (Å²) < 4.78 is 0. The molecule has 1 aromatic rings. The van der Waals surface area contributed by atoms with Crippen molar-refractivity contribution in [2.45, 2.75) is 31.7 Å². The Morgan fingerprint density at radius 3 is 2.78 bits per heavy atom. The lowest BCUT2D eigenvalue weighted by Crippen LogP contribution is -2.31. The van der Waals surface area contributed by atoms with E-state index >= 15 is 0 Å². The molecule has 1 N–H and O–H groups in total. The number of nitrogens with one attached hydrogen (secondary N) is 1. The zero-order valence-corrected chi connectivity index (χ0v) is 10.1. The van der Waals surface area contributed by atoms with Crippen molar-refractivity contribution in [1.29, 1.82) is 0 Å². The van der Waals surface area contributed by atoms with Gasteiger partial charge in [0.1, 0.15) is 0 Å². The second-order valence-corrected chi connectivity index (χ2v) is 4.59. The minimum atomic E-state index is -0.485. The Kier molecular flexibility index (Phi) is 4.04. The standard InChI is InChI=1S/C13H16N2O3/c16-13(9-14-11-5-1-2-6-11)10-4-3-7-12(8-10)15(17)18/h3-4,7-8,11,14H,1-2,5-6,9H2. The second-order valence-electron chi connectivity index (χ2n) is 4.59. The Bertz CT molecular complexity index is 453. The summed E-state index contributed by atoms with van der Waals surface area (Å²) in [6.45, 7) is 0.256. The van der Waals surface area contributed by atoms with Gasteiger partial charge in [-0.15, -0.1) is 0 Å². The van der Waals surface area contributed by atoms with Crippen LogP contribution in [0.15, 0.2) is 24.3 Å². The fourth-order valence-electron chi connectivity index (χ4n) is 2.26. The van der Waals surface area contributed by atoms with Crippen LogP contribution >= 0.6 is 0 Å². The van der Waals surface area contributed by atoms with E-state index < -0.39 is 4.92 Å². The Balaban J connectivity index is 1.95. The molecule has 5 heteroatoms. The van der Waals surface area contributed by atoms with Crippen molar-refractivity contribution in [3.05, 3.63) is 39.9 Å². The lowest BCUT2D eigenvalue weighted by molar-refractivity contribution is -0.384. The summed E-state index contributed by atoms with van der Waals surface area (Å²) in [5, 5.41) is 13.8. The molecular formula is C13H16N2O3. The number of benzene rings is 1. The van der Waals surface area contributed by atoms with Crippen LogP contribution in [0.1, 0.15) is 36.0 Å². The number of Topliss-reactive ketones (excluding diaryl/α,β-unsaturated/α-hetero) is 1. The molecule has 0 amide bonds. The van der Waals surface area contributed by atoms with Gasteiger partial charge in [0.25, 0.3) is 5.69 Å². The molecule has 0 saturated heterocycles. The fourth-order valence-corrected chi connectivity index (χ4v) is 2.26. The number of non-ortho nitro benzene ring substituents is 1. The molecule has 0 radical (unpaired) electrons. The molecule has 1 fully saturated rings. The average molecular weight is 248 g/mol. The number of rotatable bonds is 5. The van der Waals surface area contributed by atoms with Crippen molar-refractivity contribution in [3.8, 4) is 0 Å². The topological polar surface area (TPSA) is 72.2 Å². The summed E-state index contributed by atoms with van der Waals surface area (Å²) in [7, 11) is 0. The predicted molar refractivity (Wildman–Crippen MR) is 67.7 cm³/mol. The molecule has 2 rings (SSSR count). The zero-order valence-electron chi connectivity index (χ0n) is 10.1. The molecule has 1 aliphatic rings. The smallest absolute Gasteiger partial charge is 0.270 e. The second kappa shape index (κ2) is 5.73. The van der Waals surface area contributed by atoms with Crippen molar-refractivity contribution < 1.29 is 9.72 Å². The first kappa shape index (κ1) is 12.7. The van der Waals surface area contributed by atoms with E-state index in [9.17, 15) is 14.9 Å². The molecule has 96 valence electrons. The highest BCUT2D eigenvalue weighted by atomic mass is 16.6. The maximum absolute atomic E-state index is 11.9. The van der Waals surface area contributed by atoms with Gasteiger partial charge in [0.2, 0.25) is 0 Å². The zero-order chi connectivity index (χ0) is 13.0. The van der Waals surface area contributed by atoms with Crippen molar-refractivity contribution in [3.63, 3.8) is 0 Å². The highest BCUT2D eigenvalue weighted by molar-refractivity contribution is 5.98. The van der Waals surface area contributed by atoms with Crippen LogP contribution in [0.4, 0.5) is 5.69 Å². The number of carbonyl (C=O) groups excluding carboxylic acids is 1. The average Bonchev–Trinajstić information content (AvgIpc) is 2.89. The molecule has 1 saturated carbocycles. The van der Waals surface area contributed by atoms with E-state index in [1.807, 2.05) is 0 Å². The van der Waals surface area contributed by atoms with Gasteiger partial charge in [0.15, 0.2) is 5.78 Å². The van der Waals surface area contributed by atoms with Crippen LogP contribution in [-0.4, -0.2) is 23.3 Å². The normalized spacial score (nSPS) is 15.8. The molecule has 0 heterocycles. The minimum Gasteiger partial charge on any atom is -0.307 e. The third-order valence-electron chi connectivity index (χ3n) is 3.29. The van der Waals surface area contributed by atoms with Crippen molar-refractivity contribution in [1.82, 2.24) is 5.32 Å². The Morgan fingerprint density at radius 2 is 2.11 bits per heavy atom. The highest BCUT2D eigenvalue weighted by Gasteiger charge is 2.16. The summed E-state index contributed by atoms with van der Waals surface area (Å²) in [5.41, 5.74) is 0.358. The number of nitro groups is 1. The first-order chi connectivity index (χ1) is 8.66. The summed E-state index contributed by atoms with van der Waals surface area (Å²) in [6, 6.07) is 6.31. The van der Waals surface area contributed by atoms with E-state index in [0.717, 1.165) is 12.8 Å². The monoisotopic (exact) mass is 248 g/mol. The van der Waals surface area contributed by atoms with Gasteiger partial charge in [-0.2, -0.15) is 0 Å². The first-order valence-electron chi connectivity index (χ1n) is 6.18. The lowest BCUT2D eigenvalue weighted by Gasteiger charge is -2.10. The predicted octanol–water partition coefficient (Wildman–Crippen LogP) is 2.31. The van der Waals surface area contributed by atoms with E-state index in [-0.39, 0.29) is 18.0 Å². The van der Waals surface area contributed by atoms with Crippen LogP contribution in [0.2, 0.25) is 0 Å². The van der Waals surface area contributed by atoms with Gasteiger partial charge in [-0.05, 0) is 12.8 Å². The van der Waals surface area contributed by atoms with E-state index in [1.54, 1.807) is 12.1 Å². The van der Waals surface area contributed by atoms with Crippen LogP contribution in [0.5, 0.6) is 0 Å². The third-order valence-corrected chi connectivity index (χ3v) is 3.29. The molecule has 1 aliphatic carbocycles. The molecule has 5 nitrogen and oxygen atoms in total. The molecule has 0 aliphatic heterocycles. The summed E-state index contributed by atoms with van der Waals surface area (Å²) in [5.74, 6) is -0.0920. The van der Waals surface area contributed by atoms with E-state index in [1.165, 1.54) is 25.0 Å². The van der Waals surface area contributed by atoms with Gasteiger partial charge in [0, 0.05) is 23.7 Å². The molecule has 1 aromatic carbocycles. The summed E-state index contributed by atoms with van der Waals surface area (Å²) >= 11 is 0. The molecule has 0 unspecified atom stereocenters. The summed E-state index contributed by atoms with van der Waals surface area (Å²) in [6.07, 6.45) is 4.65. The number of nitrogens with zero attached hydrogens (tertiary/aromatic N) is 1. The molecule has 0 spiro atoms. The third kappa shape index (κ3) is 3.13. The number of carbonyl (C=O) groups is 1. The van der Waals surface area contributed by atoms with Gasteiger partial charge in [-0.3, -0.25) is 14.9 Å². The van der Waals surface area contributed by atoms with Crippen LogP contribution < -0.4 is 5.32 Å². The number of nitro benzene ring substituents is 1. The maximum Gasteiger partial charge on any atom is 0.270 e. The van der Waals surface area contributed by atoms with E-state index in [0.29, 0.717) is 11.6 Å². The maximum atomic E-state index is 11.9. The van der Waals surface area contributed by atoms with Gasteiger partial charge in [-0.1, -0.05) is 25.0 Å². The molecule has 0 atom stereocenters.